The molecular formula is C16H28N4O. The van der Waals surface area contributed by atoms with E-state index >= 15 is 0 Å². The van der Waals surface area contributed by atoms with Gasteiger partial charge in [0.15, 0.2) is 0 Å². The van der Waals surface area contributed by atoms with E-state index < -0.39 is 0 Å². The number of nitrogens with zero attached hydrogens (tertiary/aromatic N) is 1. The van der Waals surface area contributed by atoms with Gasteiger partial charge in [-0.3, -0.25) is 4.79 Å². The highest BCUT2D eigenvalue weighted by atomic mass is 16.1. The van der Waals surface area contributed by atoms with E-state index in [9.17, 15) is 4.79 Å². The number of amides is 1. The van der Waals surface area contributed by atoms with Crippen LogP contribution in [0.2, 0.25) is 0 Å². The SMILES string of the molecule is CCc1ccc(CCCCNCCNC(C)=O)nc1NC. The summed E-state index contributed by atoms with van der Waals surface area (Å²) >= 11 is 0. The Morgan fingerprint density at radius 1 is 1.19 bits per heavy atom. The van der Waals surface area contributed by atoms with E-state index in [0.29, 0.717) is 6.54 Å². The van der Waals surface area contributed by atoms with Gasteiger partial charge in [0, 0.05) is 32.8 Å². The number of pyridine rings is 1. The van der Waals surface area contributed by atoms with Crippen molar-refractivity contribution in [3.63, 3.8) is 0 Å². The van der Waals surface area contributed by atoms with E-state index in [1.165, 1.54) is 12.5 Å². The van der Waals surface area contributed by atoms with Crippen molar-refractivity contribution in [2.45, 2.75) is 39.5 Å². The van der Waals surface area contributed by atoms with Crippen molar-refractivity contribution >= 4 is 11.7 Å². The Bertz CT molecular complexity index is 434. The van der Waals surface area contributed by atoms with E-state index in [0.717, 1.165) is 50.3 Å². The number of rotatable bonds is 10. The first-order valence-electron chi connectivity index (χ1n) is 7.79. The molecule has 1 heterocycles. The van der Waals surface area contributed by atoms with Gasteiger partial charge in [-0.2, -0.15) is 0 Å². The van der Waals surface area contributed by atoms with Crippen LogP contribution in [0.5, 0.6) is 0 Å². The molecule has 1 amide bonds. The first kappa shape index (κ1) is 17.4. The third kappa shape index (κ3) is 7.09. The molecule has 1 aromatic rings. The van der Waals surface area contributed by atoms with Crippen molar-refractivity contribution in [2.24, 2.45) is 0 Å². The Morgan fingerprint density at radius 2 is 2.00 bits per heavy atom. The summed E-state index contributed by atoms with van der Waals surface area (Å²) in [5.41, 5.74) is 2.41. The van der Waals surface area contributed by atoms with Gasteiger partial charge in [-0.25, -0.2) is 4.98 Å². The summed E-state index contributed by atoms with van der Waals surface area (Å²) in [6, 6.07) is 4.30. The molecule has 118 valence electrons. The van der Waals surface area contributed by atoms with Crippen molar-refractivity contribution in [2.75, 3.05) is 32.0 Å². The monoisotopic (exact) mass is 292 g/mol. The lowest BCUT2D eigenvalue weighted by Crippen LogP contribution is -2.30. The minimum Gasteiger partial charge on any atom is -0.373 e. The highest BCUT2D eigenvalue weighted by Crippen LogP contribution is 2.14. The number of hydrogen-bond acceptors (Lipinski definition) is 4. The first-order chi connectivity index (χ1) is 10.2. The summed E-state index contributed by atoms with van der Waals surface area (Å²) in [5, 5.41) is 9.25. The molecule has 1 rings (SSSR count). The lowest BCUT2D eigenvalue weighted by Gasteiger charge is -2.09. The predicted octanol–water partition coefficient (Wildman–Crippen LogP) is 1.73. The zero-order valence-corrected chi connectivity index (χ0v) is 13.5. The van der Waals surface area contributed by atoms with E-state index in [4.69, 9.17) is 0 Å². The highest BCUT2D eigenvalue weighted by Gasteiger charge is 2.02. The van der Waals surface area contributed by atoms with Crippen molar-refractivity contribution in [3.8, 4) is 0 Å². The lowest BCUT2D eigenvalue weighted by molar-refractivity contribution is -0.118. The lowest BCUT2D eigenvalue weighted by atomic mass is 10.1. The van der Waals surface area contributed by atoms with Gasteiger partial charge in [0.2, 0.25) is 5.91 Å². The average molecular weight is 292 g/mol. The molecule has 0 aliphatic rings. The van der Waals surface area contributed by atoms with Gasteiger partial charge in [-0.05, 0) is 43.9 Å². The minimum atomic E-state index is 0.0266. The van der Waals surface area contributed by atoms with Crippen molar-refractivity contribution in [3.05, 3.63) is 23.4 Å². The summed E-state index contributed by atoms with van der Waals surface area (Å²) in [7, 11) is 1.92. The quantitative estimate of drug-likeness (QED) is 0.575. The van der Waals surface area contributed by atoms with Crippen LogP contribution in [0.3, 0.4) is 0 Å². The standard InChI is InChI=1S/C16H28N4O/c1-4-14-8-9-15(20-16(14)17-3)7-5-6-10-18-11-12-19-13(2)21/h8-9,18H,4-7,10-12H2,1-3H3,(H,17,20)(H,19,21). The zero-order valence-electron chi connectivity index (χ0n) is 13.5. The van der Waals surface area contributed by atoms with Crippen LogP contribution in [0.1, 0.15) is 37.9 Å². The Labute approximate surface area is 127 Å². The van der Waals surface area contributed by atoms with E-state index in [1.54, 1.807) is 0 Å². The van der Waals surface area contributed by atoms with Crippen LogP contribution in [0.4, 0.5) is 5.82 Å². The second-order valence-corrected chi connectivity index (χ2v) is 5.10. The molecular weight excluding hydrogens is 264 g/mol. The maximum absolute atomic E-state index is 10.7. The number of aromatic nitrogens is 1. The summed E-state index contributed by atoms with van der Waals surface area (Å²) in [5.74, 6) is 1.03. The van der Waals surface area contributed by atoms with Crippen LogP contribution in [0, 0.1) is 0 Å². The van der Waals surface area contributed by atoms with Gasteiger partial charge in [0.05, 0.1) is 0 Å². The van der Waals surface area contributed by atoms with Crippen molar-refractivity contribution in [1.82, 2.24) is 15.6 Å². The van der Waals surface area contributed by atoms with E-state index in [2.05, 4.69) is 40.0 Å². The molecule has 0 fully saturated rings. The van der Waals surface area contributed by atoms with E-state index in [-0.39, 0.29) is 5.91 Å². The number of carbonyl (C=O) groups is 1. The van der Waals surface area contributed by atoms with Gasteiger partial charge in [0.25, 0.3) is 0 Å². The van der Waals surface area contributed by atoms with Gasteiger partial charge >= 0.3 is 0 Å². The molecule has 1 aromatic heterocycles. The maximum atomic E-state index is 10.7. The molecule has 21 heavy (non-hydrogen) atoms. The van der Waals surface area contributed by atoms with Gasteiger partial charge in [-0.1, -0.05) is 13.0 Å². The summed E-state index contributed by atoms with van der Waals surface area (Å²) in [6.45, 7) is 6.18. The first-order valence-corrected chi connectivity index (χ1v) is 7.79. The predicted molar refractivity (Wildman–Crippen MR) is 87.7 cm³/mol. The topological polar surface area (TPSA) is 66.0 Å². The molecule has 0 radical (unpaired) electrons. The molecule has 0 bridgehead atoms. The van der Waals surface area contributed by atoms with Crippen LogP contribution < -0.4 is 16.0 Å². The molecule has 0 spiro atoms. The summed E-state index contributed by atoms with van der Waals surface area (Å²) in [6.07, 6.45) is 4.24. The van der Waals surface area contributed by atoms with Crippen LogP contribution in [-0.2, 0) is 17.6 Å². The molecule has 5 heteroatoms. The molecule has 5 nitrogen and oxygen atoms in total. The van der Waals surface area contributed by atoms with Crippen LogP contribution in [0.15, 0.2) is 12.1 Å². The Morgan fingerprint density at radius 3 is 2.67 bits per heavy atom. The van der Waals surface area contributed by atoms with Crippen molar-refractivity contribution in [1.29, 1.82) is 0 Å². The third-order valence-electron chi connectivity index (χ3n) is 3.37. The van der Waals surface area contributed by atoms with Crippen LogP contribution in [0.25, 0.3) is 0 Å². The zero-order chi connectivity index (χ0) is 15.5. The normalized spacial score (nSPS) is 10.4. The van der Waals surface area contributed by atoms with Gasteiger partial charge in [0.1, 0.15) is 5.82 Å². The van der Waals surface area contributed by atoms with Crippen LogP contribution in [-0.4, -0.2) is 37.6 Å². The Kier molecular flexibility index (Phi) is 8.43. The van der Waals surface area contributed by atoms with Gasteiger partial charge in [-0.15, -0.1) is 0 Å². The molecule has 0 saturated heterocycles. The number of anilines is 1. The molecule has 0 aromatic carbocycles. The number of carbonyl (C=O) groups excluding carboxylic acids is 1. The van der Waals surface area contributed by atoms with Crippen LogP contribution >= 0.6 is 0 Å². The molecule has 0 atom stereocenters. The third-order valence-corrected chi connectivity index (χ3v) is 3.37. The number of nitrogens with one attached hydrogen (secondary N) is 3. The second-order valence-electron chi connectivity index (χ2n) is 5.10. The molecule has 0 aliphatic heterocycles. The summed E-state index contributed by atoms with van der Waals surface area (Å²) in [4.78, 5) is 15.3. The molecule has 0 unspecified atom stereocenters. The highest BCUT2D eigenvalue weighted by molar-refractivity contribution is 5.72. The number of hydrogen-bond donors (Lipinski definition) is 3. The molecule has 3 N–H and O–H groups in total. The molecule has 0 aliphatic carbocycles. The summed E-state index contributed by atoms with van der Waals surface area (Å²) < 4.78 is 0. The van der Waals surface area contributed by atoms with Crippen molar-refractivity contribution < 1.29 is 4.79 Å². The largest absolute Gasteiger partial charge is 0.373 e. The number of aryl methyl sites for hydroxylation is 2. The van der Waals surface area contributed by atoms with E-state index in [1.807, 2.05) is 7.05 Å². The fraction of sp³-hybridized carbons (Fsp3) is 0.625. The minimum absolute atomic E-state index is 0.0266. The average Bonchev–Trinajstić information content (AvgIpc) is 2.49. The fourth-order valence-electron chi connectivity index (χ4n) is 2.18. The second kappa shape index (κ2) is 10.2. The Hall–Kier alpha value is -1.62. The van der Waals surface area contributed by atoms with Gasteiger partial charge < -0.3 is 16.0 Å². The Balaban J connectivity index is 2.16. The maximum Gasteiger partial charge on any atom is 0.216 e. The smallest absolute Gasteiger partial charge is 0.216 e. The fourth-order valence-corrected chi connectivity index (χ4v) is 2.18. The number of unbranched alkanes of at least 4 members (excludes halogenated alkanes) is 1. The molecule has 0 saturated carbocycles.